The fraction of sp³-hybridized carbons (Fsp3) is 0.300. The van der Waals surface area contributed by atoms with Crippen LogP contribution in [0.3, 0.4) is 0 Å². The molecule has 0 aliphatic carbocycles. The first-order valence-electron chi connectivity index (χ1n) is 3.61. The Balaban J connectivity index is 0.00000121. The molecule has 0 heterocycles. The maximum Gasteiger partial charge on any atom is 0.234 e. The van der Waals surface area contributed by atoms with Gasteiger partial charge in [0.15, 0.2) is 0 Å². The fourth-order valence-corrected chi connectivity index (χ4v) is 1.34. The fourth-order valence-electron chi connectivity index (χ4n) is 1.34. The van der Waals surface area contributed by atoms with E-state index in [1.807, 2.05) is 39.2 Å². The lowest BCUT2D eigenvalue weighted by Crippen LogP contribution is -1.92. The van der Waals surface area contributed by atoms with Crippen LogP contribution in [0.15, 0.2) is 12.1 Å². The third kappa shape index (κ3) is 2.15. The lowest BCUT2D eigenvalue weighted by Gasteiger charge is -2.03. The molecule has 1 aromatic rings. The Bertz CT molecular complexity index is 269. The first-order chi connectivity index (χ1) is 5.15. The Morgan fingerprint density at radius 3 is 1.83 bits per heavy atom. The summed E-state index contributed by atoms with van der Waals surface area (Å²) in [5.74, 6) is 0. The highest BCUT2D eigenvalue weighted by atomic mass is 31.0. The highest BCUT2D eigenvalue weighted by Gasteiger charge is 2.01. The molecule has 0 aliphatic heterocycles. The van der Waals surface area contributed by atoms with Gasteiger partial charge < -0.3 is 0 Å². The molecule has 1 unspecified atom stereocenters. The molecule has 0 aliphatic rings. The molecule has 0 saturated heterocycles. The van der Waals surface area contributed by atoms with Gasteiger partial charge in [-0.05, 0) is 31.9 Å². The second-order valence-electron chi connectivity index (χ2n) is 2.88. The van der Waals surface area contributed by atoms with Crippen molar-refractivity contribution in [2.45, 2.75) is 20.8 Å². The number of benzene rings is 1. The van der Waals surface area contributed by atoms with Crippen LogP contribution in [-0.2, 0) is 4.79 Å². The summed E-state index contributed by atoms with van der Waals surface area (Å²) in [6.45, 7) is 5.88. The van der Waals surface area contributed by atoms with Crippen molar-refractivity contribution in [1.82, 2.24) is 0 Å². The molecule has 2 heteroatoms. The van der Waals surface area contributed by atoms with Crippen LogP contribution in [0, 0.1) is 20.8 Å². The molecule has 1 nitrogen and oxygen atoms in total. The predicted octanol–water partition coefficient (Wildman–Crippen LogP) is 2.13. The summed E-state index contributed by atoms with van der Waals surface area (Å²) in [6, 6.07) is 3.99. The molecule has 12 heavy (non-hydrogen) atoms. The van der Waals surface area contributed by atoms with Gasteiger partial charge in [-0.2, -0.15) is 9.90 Å². The van der Waals surface area contributed by atoms with Gasteiger partial charge in [0.05, 0.1) is 0 Å². The topological polar surface area (TPSA) is 17.1 Å². The van der Waals surface area contributed by atoms with Gasteiger partial charge in [-0.25, -0.2) is 0 Å². The standard InChI is InChI=1S/C10H11O.H3P/c1-7-4-8(2)10(6-11)9(3)5-7;/h4-5H,1-3H3;1H3. The average Bonchev–Trinajstić information content (AvgIpc) is 1.85. The van der Waals surface area contributed by atoms with E-state index >= 15 is 0 Å². The average molecular weight is 181 g/mol. The third-order valence-corrected chi connectivity index (χ3v) is 1.78. The van der Waals surface area contributed by atoms with Crippen molar-refractivity contribution < 1.29 is 4.79 Å². The van der Waals surface area contributed by atoms with E-state index in [0.717, 1.165) is 11.1 Å². The zero-order valence-corrected chi connectivity index (χ0v) is 9.18. The van der Waals surface area contributed by atoms with Crippen LogP contribution in [0.2, 0.25) is 0 Å². The zero-order chi connectivity index (χ0) is 8.43. The largest absolute Gasteiger partial charge is 0.285 e. The van der Waals surface area contributed by atoms with Crippen LogP contribution in [0.5, 0.6) is 0 Å². The van der Waals surface area contributed by atoms with Gasteiger partial charge in [-0.15, -0.1) is 0 Å². The lowest BCUT2D eigenvalue weighted by molar-refractivity contribution is 0.562. The Morgan fingerprint density at radius 1 is 1.08 bits per heavy atom. The van der Waals surface area contributed by atoms with Gasteiger partial charge in [-0.1, -0.05) is 17.7 Å². The van der Waals surface area contributed by atoms with Crippen molar-refractivity contribution in [3.63, 3.8) is 0 Å². The van der Waals surface area contributed by atoms with E-state index in [2.05, 4.69) is 0 Å². The van der Waals surface area contributed by atoms with Crippen molar-refractivity contribution in [2.75, 3.05) is 0 Å². The monoisotopic (exact) mass is 181 g/mol. The quantitative estimate of drug-likeness (QED) is 0.606. The molecule has 0 bridgehead atoms. The van der Waals surface area contributed by atoms with Crippen LogP contribution in [-0.4, -0.2) is 6.29 Å². The van der Waals surface area contributed by atoms with E-state index in [1.54, 1.807) is 0 Å². The van der Waals surface area contributed by atoms with Crippen LogP contribution in [0.1, 0.15) is 22.3 Å². The van der Waals surface area contributed by atoms with Gasteiger partial charge in [0.25, 0.3) is 0 Å². The Hall–Kier alpha value is -0.680. The molecular formula is C10H14OP. The number of aryl methyl sites for hydroxylation is 3. The first kappa shape index (κ1) is 11.3. The van der Waals surface area contributed by atoms with Crippen LogP contribution in [0.25, 0.3) is 0 Å². The third-order valence-electron chi connectivity index (χ3n) is 1.78. The second-order valence-corrected chi connectivity index (χ2v) is 2.88. The summed E-state index contributed by atoms with van der Waals surface area (Å²) in [5.41, 5.74) is 3.92. The summed E-state index contributed by atoms with van der Waals surface area (Å²) in [6.07, 6.45) is 1.94. The Morgan fingerprint density at radius 2 is 1.50 bits per heavy atom. The summed E-state index contributed by atoms with van der Waals surface area (Å²) >= 11 is 0. The van der Waals surface area contributed by atoms with E-state index < -0.39 is 0 Å². The summed E-state index contributed by atoms with van der Waals surface area (Å²) in [4.78, 5) is 10.4. The van der Waals surface area contributed by atoms with Gasteiger partial charge >= 0.3 is 0 Å². The van der Waals surface area contributed by atoms with Crippen molar-refractivity contribution in [1.29, 1.82) is 0 Å². The summed E-state index contributed by atoms with van der Waals surface area (Å²) < 4.78 is 0. The summed E-state index contributed by atoms with van der Waals surface area (Å²) in [5, 5.41) is 0. The first-order valence-corrected chi connectivity index (χ1v) is 3.61. The molecule has 0 aromatic heterocycles. The van der Waals surface area contributed by atoms with Crippen molar-refractivity contribution in [2.24, 2.45) is 0 Å². The van der Waals surface area contributed by atoms with Crippen molar-refractivity contribution in [3.8, 4) is 0 Å². The van der Waals surface area contributed by atoms with Gasteiger partial charge in [0.2, 0.25) is 6.29 Å². The Kier molecular flexibility index (Phi) is 4.12. The highest BCUT2D eigenvalue weighted by Crippen LogP contribution is 2.13. The van der Waals surface area contributed by atoms with Crippen LogP contribution >= 0.6 is 9.90 Å². The maximum atomic E-state index is 10.4. The maximum absolute atomic E-state index is 10.4. The van der Waals surface area contributed by atoms with E-state index in [1.165, 1.54) is 5.56 Å². The minimum atomic E-state index is 0. The van der Waals surface area contributed by atoms with Crippen LogP contribution in [0.4, 0.5) is 0 Å². The number of hydrogen-bond donors (Lipinski definition) is 0. The normalized spacial score (nSPS) is 8.92. The number of rotatable bonds is 1. The predicted molar refractivity (Wildman–Crippen MR) is 56.6 cm³/mol. The van der Waals surface area contributed by atoms with E-state index in [4.69, 9.17) is 0 Å². The highest BCUT2D eigenvalue weighted by molar-refractivity contribution is 6.92. The number of hydrogen-bond acceptors (Lipinski definition) is 1. The Labute approximate surface area is 76.8 Å². The molecule has 65 valence electrons. The molecule has 1 radical (unpaired) electrons. The van der Waals surface area contributed by atoms with Gasteiger partial charge in [0, 0.05) is 5.56 Å². The number of carbonyl (C=O) groups excluding carboxylic acids is 1. The van der Waals surface area contributed by atoms with E-state index in [-0.39, 0.29) is 9.90 Å². The van der Waals surface area contributed by atoms with Crippen LogP contribution < -0.4 is 0 Å². The zero-order valence-electron chi connectivity index (χ0n) is 7.77. The second kappa shape index (κ2) is 4.37. The minimum Gasteiger partial charge on any atom is -0.285 e. The SMILES string of the molecule is Cc1cc(C)c([C]=O)c(C)c1.P. The molecule has 1 rings (SSSR count). The molecule has 0 N–H and O–H groups in total. The van der Waals surface area contributed by atoms with Gasteiger partial charge in [0.1, 0.15) is 0 Å². The molecular weight excluding hydrogens is 167 g/mol. The van der Waals surface area contributed by atoms with Gasteiger partial charge in [-0.3, -0.25) is 4.79 Å². The molecule has 0 fully saturated rings. The van der Waals surface area contributed by atoms with E-state index in [0.29, 0.717) is 5.56 Å². The molecule has 0 amide bonds. The summed E-state index contributed by atoms with van der Waals surface area (Å²) in [7, 11) is 0. The lowest BCUT2D eigenvalue weighted by atomic mass is 10.0. The van der Waals surface area contributed by atoms with Crippen molar-refractivity contribution in [3.05, 3.63) is 34.4 Å². The molecule has 0 spiro atoms. The van der Waals surface area contributed by atoms with E-state index in [9.17, 15) is 4.79 Å². The molecule has 0 saturated carbocycles. The molecule has 1 aromatic carbocycles. The minimum absolute atomic E-state index is 0. The van der Waals surface area contributed by atoms with Crippen molar-refractivity contribution >= 4 is 16.2 Å². The smallest absolute Gasteiger partial charge is 0.234 e. The molecule has 1 atom stereocenters.